The maximum Gasteiger partial charge on any atom is 0.288 e. The molecule has 2 aromatic rings. The third kappa shape index (κ3) is 2.95. The third-order valence-corrected chi connectivity index (χ3v) is 3.37. The molecule has 88 valence electrons. The van der Waals surface area contributed by atoms with Crippen LogP contribution in [0.1, 0.15) is 4.88 Å². The lowest BCUT2D eigenvalue weighted by Crippen LogP contribution is -1.98. The van der Waals surface area contributed by atoms with Gasteiger partial charge in [0.05, 0.1) is 4.92 Å². The average molecular weight is 269 g/mol. The number of nitrogens with zero attached hydrogens (tertiary/aromatic N) is 1. The summed E-state index contributed by atoms with van der Waals surface area (Å²) < 4.78 is 0. The molecule has 0 aliphatic carbocycles. The maximum absolute atomic E-state index is 10.6. The summed E-state index contributed by atoms with van der Waals surface area (Å²) in [6, 6.07) is 8.61. The van der Waals surface area contributed by atoms with Crippen molar-refractivity contribution in [3.8, 4) is 0 Å². The van der Waals surface area contributed by atoms with E-state index in [1.807, 2.05) is 17.5 Å². The minimum atomic E-state index is -0.495. The third-order valence-electron chi connectivity index (χ3n) is 2.19. The first-order valence-corrected chi connectivity index (χ1v) is 6.13. The first-order chi connectivity index (χ1) is 8.16. The molecule has 0 aliphatic heterocycles. The van der Waals surface area contributed by atoms with Crippen molar-refractivity contribution in [2.75, 3.05) is 5.32 Å². The number of rotatable bonds is 4. The van der Waals surface area contributed by atoms with Gasteiger partial charge < -0.3 is 5.32 Å². The molecule has 4 nitrogen and oxygen atoms in total. The van der Waals surface area contributed by atoms with Crippen molar-refractivity contribution in [3.63, 3.8) is 0 Å². The second-order valence-electron chi connectivity index (χ2n) is 3.36. The largest absolute Gasteiger partial charge is 0.380 e. The van der Waals surface area contributed by atoms with Gasteiger partial charge in [0.25, 0.3) is 5.69 Å². The van der Waals surface area contributed by atoms with Crippen molar-refractivity contribution in [3.05, 3.63) is 55.7 Å². The standard InChI is InChI=1S/C11H9ClN2O2S/c12-10-6-8(3-4-11(10)14(15)16)13-7-9-2-1-5-17-9/h1-6,13H,7H2. The molecule has 0 unspecified atom stereocenters. The first kappa shape index (κ1) is 11.9. The summed E-state index contributed by atoms with van der Waals surface area (Å²) in [4.78, 5) is 11.3. The summed E-state index contributed by atoms with van der Waals surface area (Å²) in [7, 11) is 0. The molecule has 0 bridgehead atoms. The van der Waals surface area contributed by atoms with Gasteiger partial charge in [-0.2, -0.15) is 0 Å². The van der Waals surface area contributed by atoms with Crippen molar-refractivity contribution < 1.29 is 4.92 Å². The molecule has 6 heteroatoms. The molecule has 0 radical (unpaired) electrons. The van der Waals surface area contributed by atoms with Crippen LogP contribution in [0.5, 0.6) is 0 Å². The van der Waals surface area contributed by atoms with Crippen molar-refractivity contribution >= 4 is 34.3 Å². The molecule has 17 heavy (non-hydrogen) atoms. The summed E-state index contributed by atoms with van der Waals surface area (Å²) >= 11 is 7.46. The Labute approximate surface area is 107 Å². The number of halogens is 1. The summed E-state index contributed by atoms with van der Waals surface area (Å²) in [5.74, 6) is 0. The normalized spacial score (nSPS) is 10.2. The molecule has 1 aromatic heterocycles. The molecule has 1 aromatic carbocycles. The zero-order valence-corrected chi connectivity index (χ0v) is 10.3. The summed E-state index contributed by atoms with van der Waals surface area (Å²) in [6.07, 6.45) is 0. The number of hydrogen-bond acceptors (Lipinski definition) is 4. The van der Waals surface area contributed by atoms with Crippen LogP contribution in [0.3, 0.4) is 0 Å². The van der Waals surface area contributed by atoms with E-state index in [0.717, 1.165) is 5.69 Å². The smallest absolute Gasteiger partial charge is 0.288 e. The van der Waals surface area contributed by atoms with E-state index < -0.39 is 4.92 Å². The van der Waals surface area contributed by atoms with Crippen LogP contribution in [-0.4, -0.2) is 4.92 Å². The summed E-state index contributed by atoms with van der Waals surface area (Å²) in [6.45, 7) is 0.686. The summed E-state index contributed by atoms with van der Waals surface area (Å²) in [5, 5.41) is 15.9. The lowest BCUT2D eigenvalue weighted by atomic mass is 10.3. The number of thiophene rings is 1. The lowest BCUT2D eigenvalue weighted by molar-refractivity contribution is -0.384. The SMILES string of the molecule is O=[N+]([O-])c1ccc(NCc2cccs2)cc1Cl. The fourth-order valence-electron chi connectivity index (χ4n) is 1.37. The van der Waals surface area contributed by atoms with Crippen molar-refractivity contribution in [2.45, 2.75) is 6.54 Å². The molecule has 2 rings (SSSR count). The average Bonchev–Trinajstić information content (AvgIpc) is 2.78. The van der Waals surface area contributed by atoms with Gasteiger partial charge in [-0.3, -0.25) is 10.1 Å². The molecule has 0 saturated heterocycles. The zero-order chi connectivity index (χ0) is 12.3. The van der Waals surface area contributed by atoms with Crippen molar-refractivity contribution in [1.29, 1.82) is 0 Å². The van der Waals surface area contributed by atoms with E-state index in [0.29, 0.717) is 6.54 Å². The highest BCUT2D eigenvalue weighted by Gasteiger charge is 2.11. The minimum Gasteiger partial charge on any atom is -0.380 e. The Morgan fingerprint density at radius 2 is 2.24 bits per heavy atom. The Balaban J connectivity index is 2.07. The second kappa shape index (κ2) is 5.16. The lowest BCUT2D eigenvalue weighted by Gasteiger charge is -2.05. The second-order valence-corrected chi connectivity index (χ2v) is 4.80. The quantitative estimate of drug-likeness (QED) is 0.675. The molecular formula is C11H9ClN2O2S. The number of nitro benzene ring substituents is 1. The Hall–Kier alpha value is -1.59. The first-order valence-electron chi connectivity index (χ1n) is 4.87. The van der Waals surface area contributed by atoms with E-state index >= 15 is 0 Å². The maximum atomic E-state index is 10.6. The Bertz CT molecular complexity index is 528. The van der Waals surface area contributed by atoms with E-state index in [-0.39, 0.29) is 10.7 Å². The molecular weight excluding hydrogens is 260 g/mol. The van der Waals surface area contributed by atoms with Gasteiger partial charge in [-0.05, 0) is 23.6 Å². The minimum absolute atomic E-state index is 0.0756. The van der Waals surface area contributed by atoms with Gasteiger partial charge in [0.15, 0.2) is 0 Å². The van der Waals surface area contributed by atoms with Crippen LogP contribution in [0, 0.1) is 10.1 Å². The van der Waals surface area contributed by atoms with Gasteiger partial charge in [-0.15, -0.1) is 11.3 Å². The highest BCUT2D eigenvalue weighted by Crippen LogP contribution is 2.27. The Morgan fingerprint density at radius 3 is 2.82 bits per heavy atom. The molecule has 1 heterocycles. The molecule has 0 aliphatic rings. The highest BCUT2D eigenvalue weighted by atomic mass is 35.5. The Morgan fingerprint density at radius 1 is 1.41 bits per heavy atom. The van der Waals surface area contributed by atoms with Crippen LogP contribution in [0.4, 0.5) is 11.4 Å². The fourth-order valence-corrected chi connectivity index (χ4v) is 2.26. The van der Waals surface area contributed by atoms with Crippen LogP contribution in [0.15, 0.2) is 35.7 Å². The number of hydrogen-bond donors (Lipinski definition) is 1. The fraction of sp³-hybridized carbons (Fsp3) is 0.0909. The predicted molar refractivity (Wildman–Crippen MR) is 69.8 cm³/mol. The van der Waals surface area contributed by atoms with Crippen LogP contribution >= 0.6 is 22.9 Å². The van der Waals surface area contributed by atoms with Gasteiger partial charge in [0.1, 0.15) is 5.02 Å². The molecule has 1 N–H and O–H groups in total. The zero-order valence-electron chi connectivity index (χ0n) is 8.72. The molecule has 0 spiro atoms. The molecule has 0 fully saturated rings. The monoisotopic (exact) mass is 268 g/mol. The molecule has 0 atom stereocenters. The van der Waals surface area contributed by atoms with E-state index in [1.54, 1.807) is 23.5 Å². The number of anilines is 1. The van der Waals surface area contributed by atoms with Gasteiger partial charge in [-0.1, -0.05) is 17.7 Å². The van der Waals surface area contributed by atoms with Crippen molar-refractivity contribution in [2.24, 2.45) is 0 Å². The van der Waals surface area contributed by atoms with E-state index in [1.165, 1.54) is 10.9 Å². The van der Waals surface area contributed by atoms with Crippen molar-refractivity contribution in [1.82, 2.24) is 0 Å². The van der Waals surface area contributed by atoms with Gasteiger partial charge in [0, 0.05) is 23.2 Å². The van der Waals surface area contributed by atoms with E-state index in [9.17, 15) is 10.1 Å². The van der Waals surface area contributed by atoms with Gasteiger partial charge in [-0.25, -0.2) is 0 Å². The van der Waals surface area contributed by atoms with E-state index in [2.05, 4.69) is 5.32 Å². The van der Waals surface area contributed by atoms with Gasteiger partial charge >= 0.3 is 0 Å². The molecule has 0 amide bonds. The number of benzene rings is 1. The predicted octanol–water partition coefficient (Wildman–Crippen LogP) is 3.92. The topological polar surface area (TPSA) is 55.2 Å². The van der Waals surface area contributed by atoms with Crippen LogP contribution in [0.25, 0.3) is 0 Å². The van der Waals surface area contributed by atoms with Crippen LogP contribution in [-0.2, 0) is 6.54 Å². The van der Waals surface area contributed by atoms with E-state index in [4.69, 9.17) is 11.6 Å². The number of nitro groups is 1. The highest BCUT2D eigenvalue weighted by molar-refractivity contribution is 7.09. The molecule has 0 saturated carbocycles. The Kier molecular flexibility index (Phi) is 3.61. The van der Waals surface area contributed by atoms with Crippen LogP contribution < -0.4 is 5.32 Å². The van der Waals surface area contributed by atoms with Crippen LogP contribution in [0.2, 0.25) is 5.02 Å². The summed E-state index contributed by atoms with van der Waals surface area (Å²) in [5.41, 5.74) is 0.697. The number of nitrogens with one attached hydrogen (secondary N) is 1. The van der Waals surface area contributed by atoms with Gasteiger partial charge in [0.2, 0.25) is 0 Å².